The minimum Gasteiger partial charge on any atom is -0.384 e. The molecule has 6 nitrogen and oxygen atoms in total. The van der Waals surface area contributed by atoms with E-state index in [2.05, 4.69) is 41.3 Å². The van der Waals surface area contributed by atoms with Crippen LogP contribution in [-0.4, -0.2) is 48.0 Å². The first kappa shape index (κ1) is 25.5. The van der Waals surface area contributed by atoms with Gasteiger partial charge in [-0.2, -0.15) is 0 Å². The van der Waals surface area contributed by atoms with Crippen LogP contribution in [0.4, 0.5) is 11.4 Å². The molecule has 186 valence electrons. The number of likely N-dealkylation sites (N-methyl/N-ethyl adjacent to an activating group) is 1. The first-order valence-electron chi connectivity index (χ1n) is 12.0. The number of aromatic nitrogens is 2. The van der Waals surface area contributed by atoms with E-state index in [0.717, 1.165) is 40.6 Å². The molecule has 0 aliphatic carbocycles. The number of thiazole rings is 1. The molecule has 4 rings (SSSR count). The van der Waals surface area contributed by atoms with Crippen molar-refractivity contribution in [3.63, 3.8) is 0 Å². The average molecular weight is 500 g/mol. The molecule has 0 fully saturated rings. The quantitative estimate of drug-likeness (QED) is 0.294. The van der Waals surface area contributed by atoms with Crippen LogP contribution in [0.5, 0.6) is 0 Å². The topological polar surface area (TPSA) is 70.2 Å². The molecular weight excluding hydrogens is 466 g/mol. The molecular formula is C29H33N5OS. The highest BCUT2D eigenvalue weighted by atomic mass is 32.1. The van der Waals surface area contributed by atoms with Crippen molar-refractivity contribution in [1.82, 2.24) is 14.9 Å². The molecule has 0 aliphatic heterocycles. The van der Waals surface area contributed by atoms with Crippen molar-refractivity contribution in [2.24, 2.45) is 0 Å². The largest absolute Gasteiger partial charge is 0.384 e. The molecule has 7 heteroatoms. The van der Waals surface area contributed by atoms with Crippen LogP contribution in [0.2, 0.25) is 0 Å². The van der Waals surface area contributed by atoms with Crippen molar-refractivity contribution in [2.45, 2.75) is 26.2 Å². The molecule has 0 aliphatic rings. The average Bonchev–Trinajstić information content (AvgIpc) is 3.35. The van der Waals surface area contributed by atoms with E-state index in [1.54, 1.807) is 17.4 Å². The smallest absolute Gasteiger partial charge is 0.274 e. The number of rotatable bonds is 8. The lowest BCUT2D eigenvalue weighted by atomic mass is 9.96. The Morgan fingerprint density at radius 3 is 2.42 bits per heavy atom. The van der Waals surface area contributed by atoms with Crippen molar-refractivity contribution in [2.75, 3.05) is 37.8 Å². The van der Waals surface area contributed by atoms with Gasteiger partial charge >= 0.3 is 0 Å². The highest BCUT2D eigenvalue weighted by Crippen LogP contribution is 2.36. The van der Waals surface area contributed by atoms with Gasteiger partial charge < -0.3 is 15.5 Å². The predicted molar refractivity (Wildman–Crippen MR) is 151 cm³/mol. The zero-order valence-electron chi connectivity index (χ0n) is 21.5. The minimum absolute atomic E-state index is 0.0197. The number of carbonyl (C=O) groups is 1. The maximum atomic E-state index is 13.5. The second-order valence-electron chi connectivity index (χ2n) is 10.0. The summed E-state index contributed by atoms with van der Waals surface area (Å²) in [5.74, 6) is -0.261. The molecule has 2 aromatic heterocycles. The normalized spacial score (nSPS) is 11.5. The van der Waals surface area contributed by atoms with Crippen LogP contribution in [0.25, 0.3) is 21.8 Å². The lowest BCUT2D eigenvalue weighted by Gasteiger charge is -2.15. The first-order chi connectivity index (χ1) is 17.2. The van der Waals surface area contributed by atoms with E-state index >= 15 is 0 Å². The number of nitrogens with zero attached hydrogens (tertiary/aromatic N) is 3. The zero-order chi connectivity index (χ0) is 25.7. The number of hydrogen-bond acceptors (Lipinski definition) is 6. The Bertz CT molecular complexity index is 1330. The van der Waals surface area contributed by atoms with E-state index in [-0.39, 0.29) is 11.3 Å². The van der Waals surface area contributed by atoms with Crippen molar-refractivity contribution in [1.29, 1.82) is 0 Å². The number of pyridine rings is 1. The highest BCUT2D eigenvalue weighted by Gasteiger charge is 2.20. The summed E-state index contributed by atoms with van der Waals surface area (Å²) in [6, 6.07) is 21.5. The monoisotopic (exact) mass is 499 g/mol. The zero-order valence-corrected chi connectivity index (χ0v) is 22.3. The molecule has 0 bridgehead atoms. The van der Waals surface area contributed by atoms with Gasteiger partial charge in [0.05, 0.1) is 11.4 Å². The fourth-order valence-electron chi connectivity index (χ4n) is 3.64. The predicted octanol–water partition coefficient (Wildman–Crippen LogP) is 6.40. The maximum Gasteiger partial charge on any atom is 0.274 e. The Labute approximate surface area is 217 Å². The Balaban J connectivity index is 1.64. The summed E-state index contributed by atoms with van der Waals surface area (Å²) in [5, 5.41) is 7.39. The van der Waals surface area contributed by atoms with Crippen molar-refractivity contribution >= 4 is 28.6 Å². The molecule has 0 spiro atoms. The van der Waals surface area contributed by atoms with Gasteiger partial charge in [-0.3, -0.25) is 4.79 Å². The van der Waals surface area contributed by atoms with E-state index in [4.69, 9.17) is 4.98 Å². The van der Waals surface area contributed by atoms with Crippen LogP contribution < -0.4 is 10.6 Å². The number of benzene rings is 2. The van der Waals surface area contributed by atoms with Gasteiger partial charge in [-0.25, -0.2) is 9.97 Å². The molecule has 2 aromatic carbocycles. The SMILES string of the molecule is CN(C)CCNc1cc(C(=O)Nc2ccccc2-c2ncc(C(C)(C)C)s2)nc(-c2ccccc2)c1. The van der Waals surface area contributed by atoms with Gasteiger partial charge in [-0.1, -0.05) is 63.2 Å². The maximum absolute atomic E-state index is 13.5. The Hall–Kier alpha value is -3.55. The third-order valence-corrected chi connectivity index (χ3v) is 7.12. The van der Waals surface area contributed by atoms with Gasteiger partial charge in [0.2, 0.25) is 0 Å². The van der Waals surface area contributed by atoms with Crippen molar-refractivity contribution in [3.8, 4) is 21.8 Å². The summed E-state index contributed by atoms with van der Waals surface area (Å²) in [7, 11) is 4.07. The van der Waals surface area contributed by atoms with Crippen molar-refractivity contribution < 1.29 is 4.79 Å². The van der Waals surface area contributed by atoms with Crippen LogP contribution in [0.15, 0.2) is 72.9 Å². The van der Waals surface area contributed by atoms with Gasteiger partial charge in [-0.15, -0.1) is 11.3 Å². The van der Waals surface area contributed by atoms with E-state index < -0.39 is 0 Å². The van der Waals surface area contributed by atoms with Gasteiger partial charge in [0.25, 0.3) is 5.91 Å². The summed E-state index contributed by atoms with van der Waals surface area (Å²) in [6.45, 7) is 8.16. The molecule has 1 amide bonds. The summed E-state index contributed by atoms with van der Waals surface area (Å²) >= 11 is 1.65. The highest BCUT2D eigenvalue weighted by molar-refractivity contribution is 7.15. The number of amides is 1. The third kappa shape index (κ3) is 6.36. The number of para-hydroxylation sites is 1. The molecule has 36 heavy (non-hydrogen) atoms. The number of nitrogens with one attached hydrogen (secondary N) is 2. The first-order valence-corrected chi connectivity index (χ1v) is 12.9. The number of hydrogen-bond donors (Lipinski definition) is 2. The fourth-order valence-corrected chi connectivity index (χ4v) is 4.65. The van der Waals surface area contributed by atoms with Crippen LogP contribution in [0.1, 0.15) is 36.1 Å². The molecule has 0 saturated heterocycles. The molecule has 0 radical (unpaired) electrons. The van der Waals surface area contributed by atoms with Gasteiger partial charge in [0.15, 0.2) is 0 Å². The third-order valence-electron chi connectivity index (χ3n) is 5.67. The van der Waals surface area contributed by atoms with Gasteiger partial charge in [0, 0.05) is 41.0 Å². The Morgan fingerprint density at radius 2 is 1.72 bits per heavy atom. The molecule has 2 heterocycles. The number of anilines is 2. The molecule has 4 aromatic rings. The van der Waals surface area contributed by atoms with Gasteiger partial charge in [0.1, 0.15) is 10.7 Å². The lowest BCUT2D eigenvalue weighted by molar-refractivity contribution is 0.102. The summed E-state index contributed by atoms with van der Waals surface area (Å²) in [4.78, 5) is 26.1. The summed E-state index contributed by atoms with van der Waals surface area (Å²) in [5.41, 5.74) is 4.55. The van der Waals surface area contributed by atoms with Crippen LogP contribution in [0, 0.1) is 0 Å². The minimum atomic E-state index is -0.261. The Morgan fingerprint density at radius 1 is 1.00 bits per heavy atom. The summed E-state index contributed by atoms with van der Waals surface area (Å²) < 4.78 is 0. The second-order valence-corrected chi connectivity index (χ2v) is 11.0. The Kier molecular flexibility index (Phi) is 7.82. The number of carbonyl (C=O) groups excluding carboxylic acids is 1. The lowest BCUT2D eigenvalue weighted by Crippen LogP contribution is -2.21. The standard InChI is InChI=1S/C29H33N5OS/c1-29(2,3)26-19-31-28(36-26)22-13-9-10-14-23(22)33-27(35)25-18-21(30-15-16-34(4)5)17-24(32-25)20-11-7-6-8-12-20/h6-14,17-19H,15-16H2,1-5H3,(H,30,32)(H,33,35). The molecule has 0 unspecified atom stereocenters. The van der Waals surface area contributed by atoms with Crippen LogP contribution in [0.3, 0.4) is 0 Å². The molecule has 2 N–H and O–H groups in total. The van der Waals surface area contributed by atoms with E-state index in [0.29, 0.717) is 11.4 Å². The van der Waals surface area contributed by atoms with E-state index in [1.807, 2.05) is 81.0 Å². The van der Waals surface area contributed by atoms with E-state index in [1.165, 1.54) is 4.88 Å². The van der Waals surface area contributed by atoms with Gasteiger partial charge in [-0.05, 0) is 43.8 Å². The molecule has 0 atom stereocenters. The fraction of sp³-hybridized carbons (Fsp3) is 0.276. The molecule has 0 saturated carbocycles. The summed E-state index contributed by atoms with van der Waals surface area (Å²) in [6.07, 6.45) is 1.93. The van der Waals surface area contributed by atoms with Crippen LogP contribution >= 0.6 is 11.3 Å². The second kappa shape index (κ2) is 11.0. The van der Waals surface area contributed by atoms with E-state index in [9.17, 15) is 4.79 Å². The van der Waals surface area contributed by atoms with Crippen molar-refractivity contribution in [3.05, 3.63) is 83.5 Å². The van der Waals surface area contributed by atoms with Crippen LogP contribution in [-0.2, 0) is 5.41 Å².